The Balaban J connectivity index is 1.11. The molecule has 1 aliphatic heterocycles. The van der Waals surface area contributed by atoms with Crippen molar-refractivity contribution in [2.45, 2.75) is 123 Å². The molecule has 4 aromatic rings. The lowest BCUT2D eigenvalue weighted by atomic mass is 9.85. The lowest BCUT2D eigenvalue weighted by Gasteiger charge is -2.37. The monoisotopic (exact) mass is 761 g/mol. The van der Waals surface area contributed by atoms with Gasteiger partial charge in [0.15, 0.2) is 0 Å². The molecule has 1 heterocycles. The maximum absolute atomic E-state index is 14.2. The van der Waals surface area contributed by atoms with E-state index < -0.39 is 17.5 Å². The topological polar surface area (TPSA) is 111 Å². The van der Waals surface area contributed by atoms with E-state index in [0.717, 1.165) is 73.3 Å². The van der Waals surface area contributed by atoms with E-state index in [2.05, 4.69) is 76.6 Å². The second-order valence-electron chi connectivity index (χ2n) is 16.7. The van der Waals surface area contributed by atoms with Crippen LogP contribution in [0.5, 0.6) is 0 Å². The van der Waals surface area contributed by atoms with E-state index in [4.69, 9.17) is 0 Å². The molecule has 3 atom stereocenters. The number of hydrogen-bond acceptors (Lipinski definition) is 5. The molecule has 0 radical (unpaired) electrons. The van der Waals surface area contributed by atoms with Crippen LogP contribution in [0.2, 0.25) is 0 Å². The standard InChI is InChI=1S/C47H63N5O4/c1-34(48-5)45(55)50-44(47(2,3)4)46(56)52-28-16-21-41(52)33-51(32-36-25-27-38-18-13-15-20-40(38)30-36)43(54)23-11-9-7-6-8-10-22-42(53)49-31-35-24-26-37-17-12-14-19-39(37)29-35/h12-15,17-20,24-27,29-30,34,41,44,48H,6-11,16,21-23,28,31-33H2,1-5H3,(H,49,53)(H,50,55)/t34-,41-,44+/m0/s1. The first kappa shape index (κ1) is 42.4. The fraction of sp³-hybridized carbons (Fsp3) is 0.489. The van der Waals surface area contributed by atoms with Crippen LogP contribution < -0.4 is 16.0 Å². The molecule has 1 saturated heterocycles. The van der Waals surface area contributed by atoms with E-state index in [-0.39, 0.29) is 29.7 Å². The van der Waals surface area contributed by atoms with Gasteiger partial charge in [-0.1, -0.05) is 119 Å². The molecule has 0 saturated carbocycles. The summed E-state index contributed by atoms with van der Waals surface area (Å²) in [5, 5.41) is 13.7. The number of carbonyl (C=O) groups excluding carboxylic acids is 4. The Bertz CT molecular complexity index is 1940. The van der Waals surface area contributed by atoms with Crippen molar-refractivity contribution >= 4 is 45.2 Å². The average molecular weight is 762 g/mol. The molecule has 4 aromatic carbocycles. The number of likely N-dealkylation sites (tertiary alicyclic amines) is 1. The number of fused-ring (bicyclic) bond motifs is 2. The summed E-state index contributed by atoms with van der Waals surface area (Å²) in [6, 6.07) is 27.9. The Morgan fingerprint density at radius 2 is 1.34 bits per heavy atom. The van der Waals surface area contributed by atoms with Gasteiger partial charge in [-0.25, -0.2) is 0 Å². The van der Waals surface area contributed by atoms with Gasteiger partial charge in [0.1, 0.15) is 6.04 Å². The van der Waals surface area contributed by atoms with Crippen molar-refractivity contribution in [1.82, 2.24) is 25.8 Å². The van der Waals surface area contributed by atoms with Crippen molar-refractivity contribution in [1.29, 1.82) is 0 Å². The van der Waals surface area contributed by atoms with Gasteiger partial charge in [-0.05, 0) is 89.9 Å². The van der Waals surface area contributed by atoms with Crippen molar-refractivity contribution < 1.29 is 19.2 Å². The minimum atomic E-state index is -0.680. The molecular formula is C47H63N5O4. The predicted octanol–water partition coefficient (Wildman–Crippen LogP) is 7.89. The highest BCUT2D eigenvalue weighted by atomic mass is 16.2. The maximum Gasteiger partial charge on any atom is 0.246 e. The van der Waals surface area contributed by atoms with Crippen LogP contribution in [0.3, 0.4) is 0 Å². The van der Waals surface area contributed by atoms with Crippen molar-refractivity contribution in [3.05, 3.63) is 96.1 Å². The largest absolute Gasteiger partial charge is 0.352 e. The zero-order chi connectivity index (χ0) is 40.1. The minimum absolute atomic E-state index is 0.0832. The molecule has 1 fully saturated rings. The molecule has 5 rings (SSSR count). The highest BCUT2D eigenvalue weighted by Crippen LogP contribution is 2.27. The molecule has 9 nitrogen and oxygen atoms in total. The van der Waals surface area contributed by atoms with Gasteiger partial charge in [-0.15, -0.1) is 0 Å². The summed E-state index contributed by atoms with van der Waals surface area (Å²) in [6.07, 6.45) is 8.29. The number of carbonyl (C=O) groups is 4. The highest BCUT2D eigenvalue weighted by Gasteiger charge is 2.40. The van der Waals surface area contributed by atoms with Crippen LogP contribution >= 0.6 is 0 Å². The van der Waals surface area contributed by atoms with Gasteiger partial charge >= 0.3 is 0 Å². The SMILES string of the molecule is CN[C@@H](C)C(=O)N[C@H](C(=O)N1CCC[C@H]1CN(Cc1ccc2ccccc2c1)C(=O)CCCCCCCCC(=O)NCc1ccc2ccccc2c1)C(C)(C)C. The molecular weight excluding hydrogens is 699 g/mol. The summed E-state index contributed by atoms with van der Waals surface area (Å²) >= 11 is 0. The molecule has 300 valence electrons. The van der Waals surface area contributed by atoms with Gasteiger partial charge in [0, 0.05) is 45.1 Å². The van der Waals surface area contributed by atoms with Crippen LogP contribution in [0.1, 0.15) is 103 Å². The summed E-state index contributed by atoms with van der Waals surface area (Å²) in [5.74, 6) is -0.107. The van der Waals surface area contributed by atoms with Crippen LogP contribution in [-0.2, 0) is 32.3 Å². The van der Waals surface area contributed by atoms with Crippen LogP contribution in [0.15, 0.2) is 84.9 Å². The normalized spacial score (nSPS) is 15.4. The van der Waals surface area contributed by atoms with Crippen LogP contribution in [0.4, 0.5) is 0 Å². The molecule has 4 amide bonds. The summed E-state index contributed by atoms with van der Waals surface area (Å²) < 4.78 is 0. The van der Waals surface area contributed by atoms with E-state index in [9.17, 15) is 19.2 Å². The Labute approximate surface area is 334 Å². The fourth-order valence-electron chi connectivity index (χ4n) is 7.66. The molecule has 0 bridgehead atoms. The van der Waals surface area contributed by atoms with Gasteiger partial charge in [0.05, 0.1) is 6.04 Å². The fourth-order valence-corrected chi connectivity index (χ4v) is 7.66. The molecule has 0 aliphatic carbocycles. The first-order valence-electron chi connectivity index (χ1n) is 20.7. The third kappa shape index (κ3) is 12.1. The molecule has 1 aliphatic rings. The molecule has 0 unspecified atom stereocenters. The van der Waals surface area contributed by atoms with Crippen molar-refractivity contribution in [2.24, 2.45) is 5.41 Å². The number of benzene rings is 4. The van der Waals surface area contributed by atoms with Crippen LogP contribution in [0, 0.1) is 5.41 Å². The number of hydrogen-bond donors (Lipinski definition) is 3. The lowest BCUT2D eigenvalue weighted by molar-refractivity contribution is -0.142. The van der Waals surface area contributed by atoms with E-state index in [1.807, 2.05) is 54.8 Å². The zero-order valence-corrected chi connectivity index (χ0v) is 34.2. The number of unbranched alkanes of at least 4 members (excludes halogenated alkanes) is 5. The molecule has 9 heteroatoms. The first-order valence-corrected chi connectivity index (χ1v) is 20.7. The number of nitrogens with zero attached hydrogens (tertiary/aromatic N) is 2. The van der Waals surface area contributed by atoms with E-state index in [1.165, 1.54) is 10.8 Å². The van der Waals surface area contributed by atoms with Crippen molar-refractivity contribution in [3.8, 4) is 0 Å². The van der Waals surface area contributed by atoms with Gasteiger partial charge < -0.3 is 25.8 Å². The summed E-state index contributed by atoms with van der Waals surface area (Å²) in [5.41, 5.74) is 1.68. The van der Waals surface area contributed by atoms with E-state index >= 15 is 0 Å². The summed E-state index contributed by atoms with van der Waals surface area (Å²) in [7, 11) is 1.73. The van der Waals surface area contributed by atoms with Crippen LogP contribution in [-0.4, -0.2) is 71.7 Å². The third-order valence-corrected chi connectivity index (χ3v) is 11.2. The lowest BCUT2D eigenvalue weighted by Crippen LogP contribution is -2.59. The Morgan fingerprint density at radius 3 is 1.96 bits per heavy atom. The van der Waals surface area contributed by atoms with Crippen molar-refractivity contribution in [2.75, 3.05) is 20.1 Å². The number of likely N-dealkylation sites (N-methyl/N-ethyl adjacent to an activating group) is 1. The molecule has 0 spiro atoms. The average Bonchev–Trinajstić information content (AvgIpc) is 3.66. The van der Waals surface area contributed by atoms with Gasteiger partial charge in [0.25, 0.3) is 0 Å². The molecule has 0 aromatic heterocycles. The van der Waals surface area contributed by atoms with Crippen molar-refractivity contribution in [3.63, 3.8) is 0 Å². The van der Waals surface area contributed by atoms with E-state index in [0.29, 0.717) is 39.0 Å². The molecule has 56 heavy (non-hydrogen) atoms. The number of amides is 4. The van der Waals surface area contributed by atoms with Gasteiger partial charge in [-0.2, -0.15) is 0 Å². The maximum atomic E-state index is 14.2. The van der Waals surface area contributed by atoms with Gasteiger partial charge in [0.2, 0.25) is 23.6 Å². The summed E-state index contributed by atoms with van der Waals surface area (Å²) in [6.45, 7) is 9.80. The second-order valence-corrected chi connectivity index (χ2v) is 16.7. The van der Waals surface area contributed by atoms with Crippen LogP contribution in [0.25, 0.3) is 21.5 Å². The quantitative estimate of drug-likeness (QED) is 0.0843. The molecule has 3 N–H and O–H groups in total. The zero-order valence-electron chi connectivity index (χ0n) is 34.2. The number of nitrogens with one attached hydrogen (secondary N) is 3. The second kappa shape index (κ2) is 20.4. The Morgan fingerprint density at radius 1 is 0.768 bits per heavy atom. The third-order valence-electron chi connectivity index (χ3n) is 11.2. The highest BCUT2D eigenvalue weighted by molar-refractivity contribution is 5.90. The minimum Gasteiger partial charge on any atom is -0.352 e. The Hall–Kier alpha value is -4.76. The number of rotatable bonds is 19. The summed E-state index contributed by atoms with van der Waals surface area (Å²) in [4.78, 5) is 57.4. The Kier molecular flexibility index (Phi) is 15.5. The predicted molar refractivity (Wildman–Crippen MR) is 227 cm³/mol. The first-order chi connectivity index (χ1) is 26.9. The van der Waals surface area contributed by atoms with E-state index in [1.54, 1.807) is 14.0 Å². The van der Waals surface area contributed by atoms with Gasteiger partial charge in [-0.3, -0.25) is 19.2 Å². The smallest absolute Gasteiger partial charge is 0.246 e.